The second-order valence-electron chi connectivity index (χ2n) is 6.88. The number of hydrogen-bond acceptors (Lipinski definition) is 4. The third-order valence-electron chi connectivity index (χ3n) is 4.85. The molecule has 0 saturated carbocycles. The van der Waals surface area contributed by atoms with Gasteiger partial charge in [0.25, 0.3) is 0 Å². The van der Waals surface area contributed by atoms with Gasteiger partial charge in [0.15, 0.2) is 0 Å². The Morgan fingerprint density at radius 3 is 2.55 bits per heavy atom. The molecule has 7 heteroatoms. The molecule has 1 saturated heterocycles. The highest BCUT2D eigenvalue weighted by Gasteiger charge is 2.37. The lowest BCUT2D eigenvalue weighted by Crippen LogP contribution is -2.36. The Kier molecular flexibility index (Phi) is 6.49. The van der Waals surface area contributed by atoms with Crippen LogP contribution in [0.2, 0.25) is 0 Å². The first-order valence-electron chi connectivity index (χ1n) is 9.59. The Hall–Kier alpha value is -3.35. The van der Waals surface area contributed by atoms with Gasteiger partial charge in [0.05, 0.1) is 30.7 Å². The van der Waals surface area contributed by atoms with Crippen LogP contribution in [0.15, 0.2) is 54.6 Å². The van der Waals surface area contributed by atoms with Gasteiger partial charge in [-0.1, -0.05) is 42.5 Å². The normalized spacial score (nSPS) is 17.1. The lowest BCUT2D eigenvalue weighted by atomic mass is 10.0. The molecule has 2 atom stereocenters. The molecule has 1 fully saturated rings. The predicted octanol–water partition coefficient (Wildman–Crippen LogP) is 2.77. The monoisotopic (exact) mass is 396 g/mol. The topological polar surface area (TPSA) is 95.9 Å². The number of para-hydroxylation sites is 2. The van der Waals surface area contributed by atoms with E-state index in [1.54, 1.807) is 41.3 Å². The van der Waals surface area contributed by atoms with Gasteiger partial charge in [-0.05, 0) is 24.6 Å². The quantitative estimate of drug-likeness (QED) is 0.715. The van der Waals surface area contributed by atoms with E-state index in [2.05, 4.69) is 5.32 Å². The van der Waals surface area contributed by atoms with Crippen molar-refractivity contribution in [1.29, 1.82) is 0 Å². The van der Waals surface area contributed by atoms with Gasteiger partial charge in [0.1, 0.15) is 5.75 Å². The van der Waals surface area contributed by atoms with E-state index in [1.165, 1.54) is 0 Å². The third kappa shape index (κ3) is 4.93. The maximum atomic E-state index is 12.8. The summed E-state index contributed by atoms with van der Waals surface area (Å²) in [4.78, 5) is 38.2. The van der Waals surface area contributed by atoms with Crippen molar-refractivity contribution in [2.75, 3.05) is 18.1 Å². The van der Waals surface area contributed by atoms with Crippen LogP contribution < -0.4 is 15.0 Å². The van der Waals surface area contributed by atoms with Gasteiger partial charge >= 0.3 is 5.97 Å². The van der Waals surface area contributed by atoms with Gasteiger partial charge in [-0.3, -0.25) is 14.4 Å². The molecule has 2 aromatic rings. The van der Waals surface area contributed by atoms with E-state index in [4.69, 9.17) is 4.74 Å². The number of carbonyl (C=O) groups excluding carboxylic acids is 2. The third-order valence-corrected chi connectivity index (χ3v) is 4.85. The van der Waals surface area contributed by atoms with Crippen LogP contribution in [0, 0.1) is 5.92 Å². The number of nitrogens with one attached hydrogen (secondary N) is 1. The summed E-state index contributed by atoms with van der Waals surface area (Å²) in [7, 11) is 0. The zero-order valence-corrected chi connectivity index (χ0v) is 16.2. The van der Waals surface area contributed by atoms with Gasteiger partial charge in [-0.2, -0.15) is 0 Å². The first kappa shape index (κ1) is 20.4. The minimum atomic E-state index is -1.01. The van der Waals surface area contributed by atoms with Crippen molar-refractivity contribution in [2.45, 2.75) is 25.8 Å². The molecule has 1 aliphatic heterocycles. The van der Waals surface area contributed by atoms with Crippen molar-refractivity contribution in [3.8, 4) is 5.75 Å². The molecule has 29 heavy (non-hydrogen) atoms. The first-order valence-corrected chi connectivity index (χ1v) is 9.59. The van der Waals surface area contributed by atoms with E-state index >= 15 is 0 Å². The largest absolute Gasteiger partial charge is 0.492 e. The van der Waals surface area contributed by atoms with Crippen LogP contribution in [-0.2, 0) is 14.4 Å². The van der Waals surface area contributed by atoms with Crippen LogP contribution in [0.4, 0.5) is 5.69 Å². The maximum absolute atomic E-state index is 12.8. The number of carboxylic acid groups (broad SMARTS) is 1. The molecule has 1 aliphatic rings. The molecule has 0 aromatic heterocycles. The molecule has 2 N–H and O–H groups in total. The summed E-state index contributed by atoms with van der Waals surface area (Å²) in [6, 6.07) is 15.5. The molecule has 2 amide bonds. The van der Waals surface area contributed by atoms with Crippen LogP contribution in [0.1, 0.15) is 31.4 Å². The molecular formula is C22H24N2O5. The molecular weight excluding hydrogens is 372 g/mol. The second-order valence-corrected chi connectivity index (χ2v) is 6.88. The molecule has 2 aromatic carbocycles. The number of benzene rings is 2. The number of carbonyl (C=O) groups is 3. The van der Waals surface area contributed by atoms with Crippen molar-refractivity contribution < 1.29 is 24.2 Å². The molecule has 0 spiro atoms. The summed E-state index contributed by atoms with van der Waals surface area (Å²) in [6.07, 6.45) is -0.159. The number of nitrogens with zero attached hydrogens (tertiary/aromatic N) is 1. The van der Waals surface area contributed by atoms with Gasteiger partial charge in [0.2, 0.25) is 11.8 Å². The maximum Gasteiger partial charge on any atom is 0.305 e. The molecule has 2 unspecified atom stereocenters. The van der Waals surface area contributed by atoms with E-state index in [1.807, 2.05) is 25.1 Å². The summed E-state index contributed by atoms with van der Waals surface area (Å²) in [5, 5.41) is 12.0. The Morgan fingerprint density at radius 2 is 1.86 bits per heavy atom. The number of amides is 2. The van der Waals surface area contributed by atoms with Crippen molar-refractivity contribution in [1.82, 2.24) is 5.32 Å². The Morgan fingerprint density at radius 1 is 1.17 bits per heavy atom. The van der Waals surface area contributed by atoms with Crippen molar-refractivity contribution in [3.05, 3.63) is 60.2 Å². The first-order chi connectivity index (χ1) is 14.0. The number of carboxylic acids is 1. The number of rotatable bonds is 8. The fourth-order valence-corrected chi connectivity index (χ4v) is 3.48. The number of aliphatic carboxylic acids is 1. The lowest BCUT2D eigenvalue weighted by molar-refractivity contribution is -0.138. The average Bonchev–Trinajstić information content (AvgIpc) is 3.10. The van der Waals surface area contributed by atoms with Gasteiger partial charge in [-0.25, -0.2) is 0 Å². The molecule has 152 valence electrons. The fourth-order valence-electron chi connectivity index (χ4n) is 3.48. The summed E-state index contributed by atoms with van der Waals surface area (Å²) in [5.41, 5.74) is 1.35. The average molecular weight is 396 g/mol. The summed E-state index contributed by atoms with van der Waals surface area (Å²) >= 11 is 0. The zero-order valence-electron chi connectivity index (χ0n) is 16.2. The number of ether oxygens (including phenoxy) is 1. The van der Waals surface area contributed by atoms with E-state index in [-0.39, 0.29) is 31.2 Å². The van der Waals surface area contributed by atoms with Crippen LogP contribution in [0.3, 0.4) is 0 Å². The summed E-state index contributed by atoms with van der Waals surface area (Å²) < 4.78 is 5.60. The fraction of sp³-hybridized carbons (Fsp3) is 0.318. The van der Waals surface area contributed by atoms with Crippen LogP contribution in [0.25, 0.3) is 0 Å². The van der Waals surface area contributed by atoms with E-state index in [0.717, 1.165) is 0 Å². The minimum Gasteiger partial charge on any atom is -0.492 e. The Bertz CT molecular complexity index is 884. The molecule has 3 rings (SSSR count). The van der Waals surface area contributed by atoms with Crippen LogP contribution >= 0.6 is 0 Å². The molecule has 7 nitrogen and oxygen atoms in total. The van der Waals surface area contributed by atoms with Gasteiger partial charge in [-0.15, -0.1) is 0 Å². The number of hydrogen-bond donors (Lipinski definition) is 2. The van der Waals surface area contributed by atoms with Crippen LogP contribution in [0.5, 0.6) is 5.75 Å². The Balaban J connectivity index is 1.73. The minimum absolute atomic E-state index is 0.0703. The number of anilines is 1. The lowest BCUT2D eigenvalue weighted by Gasteiger charge is -2.21. The van der Waals surface area contributed by atoms with Crippen molar-refractivity contribution in [2.24, 2.45) is 5.92 Å². The molecule has 0 bridgehead atoms. The van der Waals surface area contributed by atoms with E-state index in [9.17, 15) is 19.5 Å². The van der Waals surface area contributed by atoms with Crippen molar-refractivity contribution >= 4 is 23.5 Å². The Labute approximate surface area is 169 Å². The van der Waals surface area contributed by atoms with Crippen LogP contribution in [-0.4, -0.2) is 36.0 Å². The molecule has 0 aliphatic carbocycles. The summed E-state index contributed by atoms with van der Waals surface area (Å²) in [5.74, 6) is -1.46. The van der Waals surface area contributed by atoms with E-state index < -0.39 is 17.9 Å². The molecule has 0 radical (unpaired) electrons. The van der Waals surface area contributed by atoms with Gasteiger partial charge < -0.3 is 20.1 Å². The van der Waals surface area contributed by atoms with Crippen molar-refractivity contribution in [3.63, 3.8) is 0 Å². The predicted molar refractivity (Wildman–Crippen MR) is 108 cm³/mol. The standard InChI is InChI=1S/C22H24N2O5/c1-2-29-19-11-7-6-10-18(19)24-14-16(12-20(24)25)22(28)23-17(13-21(26)27)15-8-4-3-5-9-15/h3-11,16-17H,2,12-14H2,1H3,(H,23,28)(H,26,27). The zero-order chi connectivity index (χ0) is 20.8. The highest BCUT2D eigenvalue weighted by Crippen LogP contribution is 2.33. The highest BCUT2D eigenvalue weighted by atomic mass is 16.5. The molecule has 1 heterocycles. The summed E-state index contributed by atoms with van der Waals surface area (Å²) in [6.45, 7) is 2.56. The van der Waals surface area contributed by atoms with Gasteiger partial charge in [0, 0.05) is 13.0 Å². The SMILES string of the molecule is CCOc1ccccc1N1CC(C(=O)NC(CC(=O)O)c2ccccc2)CC1=O. The smallest absolute Gasteiger partial charge is 0.305 e. The highest BCUT2D eigenvalue weighted by molar-refractivity contribution is 6.01. The van der Waals surface area contributed by atoms with E-state index in [0.29, 0.717) is 23.6 Å². The second kappa shape index (κ2) is 9.23.